The van der Waals surface area contributed by atoms with Crippen LogP contribution in [0.25, 0.3) is 11.6 Å². The van der Waals surface area contributed by atoms with Crippen molar-refractivity contribution in [1.82, 2.24) is 9.97 Å². The lowest BCUT2D eigenvalue weighted by atomic mass is 10.1. The maximum Gasteiger partial charge on any atom is 0.0842 e. The molecule has 0 radical (unpaired) electrons. The Kier molecular flexibility index (Phi) is 3.28. The molecular weight excluding hydrogens is 272 g/mol. The number of rotatable bonds is 2. The Morgan fingerprint density at radius 3 is 2.93 bits per heavy atom. The van der Waals surface area contributed by atoms with Crippen LogP contribution in [-0.2, 0) is 0 Å². The lowest BCUT2D eigenvalue weighted by Gasteiger charge is -1.97. The second-order valence-corrected chi connectivity index (χ2v) is 5.39. The first-order valence-electron chi connectivity index (χ1n) is 4.44. The van der Waals surface area contributed by atoms with Gasteiger partial charge in [-0.15, -0.1) is 11.3 Å². The van der Waals surface area contributed by atoms with Crippen molar-refractivity contribution < 1.29 is 0 Å². The van der Waals surface area contributed by atoms with Crippen LogP contribution in [0.1, 0.15) is 18.2 Å². The van der Waals surface area contributed by atoms with Gasteiger partial charge in [-0.2, -0.15) is 0 Å². The standard InChI is InChI=1S/C11H9BrN2S/c1-8(10-6-13-2-3-14-10)4-9-5-11(12)15-7-9/h2-7H,1H3. The fraction of sp³-hybridized carbons (Fsp3) is 0.0909. The maximum atomic E-state index is 4.24. The van der Waals surface area contributed by atoms with E-state index < -0.39 is 0 Å². The van der Waals surface area contributed by atoms with Crippen molar-refractivity contribution in [3.05, 3.63) is 45.1 Å². The quantitative estimate of drug-likeness (QED) is 0.835. The van der Waals surface area contributed by atoms with E-state index in [9.17, 15) is 0 Å². The molecule has 2 heterocycles. The molecule has 4 heteroatoms. The fourth-order valence-electron chi connectivity index (χ4n) is 1.23. The average Bonchev–Trinajstić information content (AvgIpc) is 2.65. The molecule has 0 bridgehead atoms. The third-order valence-electron chi connectivity index (χ3n) is 1.94. The summed E-state index contributed by atoms with van der Waals surface area (Å²) in [4.78, 5) is 8.29. The van der Waals surface area contributed by atoms with E-state index in [-0.39, 0.29) is 0 Å². The minimum Gasteiger partial charge on any atom is -0.261 e. The van der Waals surface area contributed by atoms with Gasteiger partial charge in [0.2, 0.25) is 0 Å². The third kappa shape index (κ3) is 2.73. The zero-order valence-corrected chi connectivity index (χ0v) is 10.5. The summed E-state index contributed by atoms with van der Waals surface area (Å²) in [6.45, 7) is 2.04. The smallest absolute Gasteiger partial charge is 0.0842 e. The van der Waals surface area contributed by atoms with E-state index in [1.54, 1.807) is 29.9 Å². The molecule has 0 atom stereocenters. The monoisotopic (exact) mass is 280 g/mol. The van der Waals surface area contributed by atoms with Crippen molar-refractivity contribution in [2.45, 2.75) is 6.92 Å². The van der Waals surface area contributed by atoms with Gasteiger partial charge < -0.3 is 0 Å². The molecule has 2 aromatic rings. The largest absolute Gasteiger partial charge is 0.261 e. The molecule has 76 valence electrons. The molecule has 0 amide bonds. The van der Waals surface area contributed by atoms with Crippen LogP contribution in [0.2, 0.25) is 0 Å². The highest BCUT2D eigenvalue weighted by Crippen LogP contribution is 2.24. The van der Waals surface area contributed by atoms with Crippen LogP contribution in [-0.4, -0.2) is 9.97 Å². The van der Waals surface area contributed by atoms with Gasteiger partial charge in [0.1, 0.15) is 0 Å². The van der Waals surface area contributed by atoms with Crippen LogP contribution < -0.4 is 0 Å². The van der Waals surface area contributed by atoms with Crippen LogP contribution in [0, 0.1) is 0 Å². The molecule has 2 aromatic heterocycles. The van der Waals surface area contributed by atoms with Crippen LogP contribution in [0.5, 0.6) is 0 Å². The van der Waals surface area contributed by atoms with Crippen molar-refractivity contribution in [3.8, 4) is 0 Å². The van der Waals surface area contributed by atoms with E-state index in [2.05, 4.69) is 43.4 Å². The van der Waals surface area contributed by atoms with Crippen LogP contribution in [0.15, 0.2) is 33.8 Å². The second-order valence-electron chi connectivity index (χ2n) is 3.10. The van der Waals surface area contributed by atoms with Crippen LogP contribution >= 0.6 is 27.3 Å². The van der Waals surface area contributed by atoms with Gasteiger partial charge in [-0.25, -0.2) is 0 Å². The van der Waals surface area contributed by atoms with E-state index in [0.717, 1.165) is 15.1 Å². The van der Waals surface area contributed by atoms with Crippen molar-refractivity contribution in [1.29, 1.82) is 0 Å². The topological polar surface area (TPSA) is 25.8 Å². The molecule has 0 aliphatic carbocycles. The number of halogens is 1. The van der Waals surface area contributed by atoms with Gasteiger partial charge in [-0.05, 0) is 51.5 Å². The van der Waals surface area contributed by atoms with E-state index >= 15 is 0 Å². The maximum absolute atomic E-state index is 4.24. The number of hydrogen-bond acceptors (Lipinski definition) is 3. The Labute approximate surface area is 101 Å². The molecule has 0 saturated heterocycles. The van der Waals surface area contributed by atoms with E-state index in [0.29, 0.717) is 0 Å². The van der Waals surface area contributed by atoms with Crippen molar-refractivity contribution in [2.75, 3.05) is 0 Å². The summed E-state index contributed by atoms with van der Waals surface area (Å²) in [5.74, 6) is 0. The summed E-state index contributed by atoms with van der Waals surface area (Å²) in [6, 6.07) is 2.09. The molecule has 0 aromatic carbocycles. The number of aromatic nitrogens is 2. The summed E-state index contributed by atoms with van der Waals surface area (Å²) < 4.78 is 1.14. The number of nitrogens with zero attached hydrogens (tertiary/aromatic N) is 2. The molecule has 2 nitrogen and oxygen atoms in total. The third-order valence-corrected chi connectivity index (χ3v) is 3.46. The molecule has 0 aliphatic rings. The lowest BCUT2D eigenvalue weighted by molar-refractivity contribution is 1.17. The van der Waals surface area contributed by atoms with Gasteiger partial charge in [0, 0.05) is 12.4 Å². The lowest BCUT2D eigenvalue weighted by Crippen LogP contribution is -1.85. The van der Waals surface area contributed by atoms with Crippen LogP contribution in [0.4, 0.5) is 0 Å². The molecule has 2 rings (SSSR count). The van der Waals surface area contributed by atoms with Crippen molar-refractivity contribution in [2.24, 2.45) is 0 Å². The minimum atomic E-state index is 0.917. The van der Waals surface area contributed by atoms with Gasteiger partial charge in [-0.1, -0.05) is 0 Å². The number of hydrogen-bond donors (Lipinski definition) is 0. The molecule has 15 heavy (non-hydrogen) atoms. The average molecular weight is 281 g/mol. The molecule has 0 unspecified atom stereocenters. The molecule has 0 aliphatic heterocycles. The van der Waals surface area contributed by atoms with Gasteiger partial charge in [0.15, 0.2) is 0 Å². The highest BCUT2D eigenvalue weighted by Gasteiger charge is 1.98. The SMILES string of the molecule is CC(=Cc1csc(Br)c1)c1cnccn1. The predicted octanol–water partition coefficient (Wildman–Crippen LogP) is 3.86. The van der Waals surface area contributed by atoms with Crippen LogP contribution in [0.3, 0.4) is 0 Å². The summed E-state index contributed by atoms with van der Waals surface area (Å²) in [5.41, 5.74) is 3.23. The second kappa shape index (κ2) is 4.68. The van der Waals surface area contributed by atoms with E-state index in [4.69, 9.17) is 0 Å². The summed E-state index contributed by atoms with van der Waals surface area (Å²) in [7, 11) is 0. The zero-order chi connectivity index (χ0) is 10.7. The number of allylic oxidation sites excluding steroid dienone is 1. The summed E-state index contributed by atoms with van der Waals surface area (Å²) in [5, 5.41) is 2.10. The highest BCUT2D eigenvalue weighted by atomic mass is 79.9. The minimum absolute atomic E-state index is 0.917. The van der Waals surface area contributed by atoms with Gasteiger partial charge in [-0.3, -0.25) is 9.97 Å². The zero-order valence-electron chi connectivity index (χ0n) is 8.14. The first kappa shape index (κ1) is 10.5. The van der Waals surface area contributed by atoms with Gasteiger partial charge in [0.25, 0.3) is 0 Å². The normalized spacial score (nSPS) is 11.7. The van der Waals surface area contributed by atoms with E-state index in [1.807, 2.05) is 6.92 Å². The van der Waals surface area contributed by atoms with Crippen molar-refractivity contribution >= 4 is 38.9 Å². The Balaban J connectivity index is 2.28. The Bertz CT molecular complexity index is 476. The Hall–Kier alpha value is -1.00. The molecule has 0 spiro atoms. The molecule has 0 saturated carbocycles. The summed E-state index contributed by atoms with van der Waals surface area (Å²) in [6.07, 6.45) is 7.26. The van der Waals surface area contributed by atoms with E-state index in [1.165, 1.54) is 5.56 Å². The Morgan fingerprint density at radius 2 is 2.33 bits per heavy atom. The van der Waals surface area contributed by atoms with Crippen molar-refractivity contribution in [3.63, 3.8) is 0 Å². The van der Waals surface area contributed by atoms with Gasteiger partial charge >= 0.3 is 0 Å². The fourth-order valence-corrected chi connectivity index (χ4v) is 2.36. The first-order valence-corrected chi connectivity index (χ1v) is 6.12. The number of thiophene rings is 1. The first-order chi connectivity index (χ1) is 7.25. The highest BCUT2D eigenvalue weighted by molar-refractivity contribution is 9.11. The molecule has 0 fully saturated rings. The predicted molar refractivity (Wildman–Crippen MR) is 67.6 cm³/mol. The van der Waals surface area contributed by atoms with Gasteiger partial charge in [0.05, 0.1) is 15.7 Å². The molecular formula is C11H9BrN2S. The molecule has 0 N–H and O–H groups in total. The summed E-state index contributed by atoms with van der Waals surface area (Å²) >= 11 is 5.12. The Morgan fingerprint density at radius 1 is 1.47 bits per heavy atom.